The monoisotopic (exact) mass is 762 g/mol. The summed E-state index contributed by atoms with van der Waals surface area (Å²) < 4.78 is 13.1. The number of fused-ring (bicyclic) bond motifs is 2. The molecule has 54 heavy (non-hydrogen) atoms. The van der Waals surface area contributed by atoms with E-state index in [0.717, 1.165) is 62.3 Å². The molecule has 2 aromatic carbocycles. The summed E-state index contributed by atoms with van der Waals surface area (Å²) in [5, 5.41) is 10.5. The van der Waals surface area contributed by atoms with Crippen molar-refractivity contribution < 1.29 is 19.1 Å². The molecule has 3 aromatic rings. The third-order valence-electron chi connectivity index (χ3n) is 10.9. The van der Waals surface area contributed by atoms with Crippen LogP contribution in [0, 0.1) is 0 Å². The molecular weight excluding hydrogens is 691 g/mol. The van der Waals surface area contributed by atoms with Crippen LogP contribution in [0.5, 0.6) is 5.75 Å². The predicted octanol–water partition coefficient (Wildman–Crippen LogP) is 12.3. The van der Waals surface area contributed by atoms with Crippen molar-refractivity contribution in [2.45, 2.75) is 161 Å². The van der Waals surface area contributed by atoms with Crippen molar-refractivity contribution >= 4 is 44.7 Å². The van der Waals surface area contributed by atoms with E-state index in [1.165, 1.54) is 112 Å². The van der Waals surface area contributed by atoms with Crippen LogP contribution in [0.3, 0.4) is 0 Å². The largest absolute Gasteiger partial charge is 0.494 e. The smallest absolute Gasteiger partial charge is 0.307 e. The van der Waals surface area contributed by atoms with E-state index in [2.05, 4.69) is 67.1 Å². The fourth-order valence-corrected chi connectivity index (χ4v) is 8.36. The molecule has 1 aliphatic heterocycles. The Hall–Kier alpha value is -3.10. The molecule has 1 aromatic heterocycles. The highest BCUT2D eigenvalue weighted by Gasteiger charge is 2.37. The van der Waals surface area contributed by atoms with Gasteiger partial charge in [0, 0.05) is 53.2 Å². The number of nitrogens with one attached hydrogen (secondary N) is 2. The summed E-state index contributed by atoms with van der Waals surface area (Å²) in [5.74, 6) is 0.480. The Kier molecular flexibility index (Phi) is 20.3. The summed E-state index contributed by atoms with van der Waals surface area (Å²) in [6.45, 7) is 9.73. The van der Waals surface area contributed by atoms with Crippen molar-refractivity contribution in [3.8, 4) is 5.75 Å². The van der Waals surface area contributed by atoms with Crippen molar-refractivity contribution in [2.75, 3.05) is 43.2 Å². The van der Waals surface area contributed by atoms with Gasteiger partial charge in [-0.15, -0.1) is 11.3 Å². The summed E-state index contributed by atoms with van der Waals surface area (Å²) in [7, 11) is 0. The van der Waals surface area contributed by atoms with Gasteiger partial charge in [0.15, 0.2) is 6.73 Å². The number of ether oxygens (including phenoxy) is 2. The van der Waals surface area contributed by atoms with Crippen LogP contribution in [0.1, 0.15) is 161 Å². The molecule has 0 saturated heterocycles. The van der Waals surface area contributed by atoms with E-state index in [0.29, 0.717) is 19.4 Å². The summed E-state index contributed by atoms with van der Waals surface area (Å²) in [4.78, 5) is 27.5. The van der Waals surface area contributed by atoms with Crippen LogP contribution < -0.4 is 20.3 Å². The molecular formula is C46H71N3O4S. The second kappa shape index (κ2) is 25.1. The van der Waals surface area contributed by atoms with E-state index in [1.807, 2.05) is 12.1 Å². The topological polar surface area (TPSA) is 79.9 Å². The maximum atomic E-state index is 13.2. The van der Waals surface area contributed by atoms with E-state index in [-0.39, 0.29) is 24.0 Å². The predicted molar refractivity (Wildman–Crippen MR) is 229 cm³/mol. The third-order valence-corrected chi connectivity index (χ3v) is 11.7. The SMILES string of the molecule is CCCCCCCCCCCCCCCCCCCC(=O)OCN1C(=O)CC(C)(C)c2ccc(OCCCCNCCNc3cccc4sccc34)cc21. The fourth-order valence-electron chi connectivity index (χ4n) is 7.55. The Bertz CT molecular complexity index is 1500. The molecule has 0 unspecified atom stereocenters. The minimum atomic E-state index is -0.296. The zero-order valence-electron chi connectivity index (χ0n) is 34.0. The first-order valence-corrected chi connectivity index (χ1v) is 22.4. The van der Waals surface area contributed by atoms with Gasteiger partial charge in [-0.25, -0.2) is 0 Å². The molecule has 2 heterocycles. The lowest BCUT2D eigenvalue weighted by molar-refractivity contribution is -0.144. The molecule has 0 spiro atoms. The van der Waals surface area contributed by atoms with Crippen molar-refractivity contribution in [1.82, 2.24) is 5.32 Å². The van der Waals surface area contributed by atoms with Gasteiger partial charge in [0.2, 0.25) is 5.91 Å². The average molecular weight is 762 g/mol. The summed E-state index contributed by atoms with van der Waals surface area (Å²) in [6.07, 6.45) is 25.0. The Morgan fingerprint density at radius 3 is 2.13 bits per heavy atom. The number of benzene rings is 2. The Labute approximate surface area is 331 Å². The van der Waals surface area contributed by atoms with Gasteiger partial charge >= 0.3 is 5.97 Å². The number of nitrogens with zero attached hydrogens (tertiary/aromatic N) is 1. The number of amides is 1. The molecule has 2 N–H and O–H groups in total. The fraction of sp³-hybridized carbons (Fsp3) is 0.652. The van der Waals surface area contributed by atoms with Gasteiger partial charge in [-0.3, -0.25) is 14.5 Å². The van der Waals surface area contributed by atoms with Gasteiger partial charge in [0.05, 0.1) is 12.3 Å². The van der Waals surface area contributed by atoms with Gasteiger partial charge in [-0.05, 0) is 61.0 Å². The summed E-state index contributed by atoms with van der Waals surface area (Å²) in [6, 6.07) is 14.6. The number of esters is 1. The number of hydrogen-bond donors (Lipinski definition) is 2. The maximum Gasteiger partial charge on any atom is 0.307 e. The first-order valence-electron chi connectivity index (χ1n) is 21.5. The number of carbonyl (C=O) groups excluding carboxylic acids is 2. The van der Waals surface area contributed by atoms with Gasteiger partial charge < -0.3 is 20.1 Å². The second-order valence-corrected chi connectivity index (χ2v) is 16.9. The standard InChI is InChI=1S/C46H71N3O4S/c1-4-5-6-7-8-9-10-11-12-13-14-15-16-17-18-19-20-26-45(51)53-37-49-42-35-38(27-28-40(42)46(2,3)36-44(49)50)52-33-22-21-30-47-31-32-48-41-24-23-25-43-39(41)29-34-54-43/h23-25,27-29,34-35,47-48H,4-22,26,30-33,36-37H2,1-3H3. The van der Waals surface area contributed by atoms with Crippen LogP contribution in [-0.4, -0.2) is 44.8 Å². The van der Waals surface area contributed by atoms with Crippen LogP contribution in [0.15, 0.2) is 47.8 Å². The van der Waals surface area contributed by atoms with E-state index in [1.54, 1.807) is 16.2 Å². The van der Waals surface area contributed by atoms with Crippen LogP contribution in [0.25, 0.3) is 10.1 Å². The number of anilines is 2. The van der Waals surface area contributed by atoms with E-state index < -0.39 is 0 Å². The molecule has 7 nitrogen and oxygen atoms in total. The molecule has 0 bridgehead atoms. The molecule has 0 aliphatic carbocycles. The molecule has 1 aliphatic rings. The second-order valence-electron chi connectivity index (χ2n) is 16.0. The number of carbonyl (C=O) groups is 2. The number of hydrogen-bond acceptors (Lipinski definition) is 7. The molecule has 8 heteroatoms. The first-order chi connectivity index (χ1) is 26.4. The minimum absolute atomic E-state index is 0.0252. The quantitative estimate of drug-likeness (QED) is 0.0520. The Balaban J connectivity index is 1.04. The molecule has 4 rings (SSSR count). The molecule has 0 saturated carbocycles. The minimum Gasteiger partial charge on any atom is -0.494 e. The van der Waals surface area contributed by atoms with Crippen molar-refractivity contribution in [2.24, 2.45) is 0 Å². The lowest BCUT2D eigenvalue weighted by Gasteiger charge is -2.38. The lowest BCUT2D eigenvalue weighted by Crippen LogP contribution is -2.43. The van der Waals surface area contributed by atoms with Crippen molar-refractivity contribution in [3.05, 3.63) is 53.4 Å². The van der Waals surface area contributed by atoms with Crippen LogP contribution in [0.2, 0.25) is 0 Å². The Morgan fingerprint density at radius 1 is 0.778 bits per heavy atom. The average Bonchev–Trinajstić information content (AvgIpc) is 3.65. The highest BCUT2D eigenvalue weighted by atomic mass is 32.1. The summed E-state index contributed by atoms with van der Waals surface area (Å²) in [5.41, 5.74) is 2.75. The Morgan fingerprint density at radius 2 is 1.44 bits per heavy atom. The van der Waals surface area contributed by atoms with E-state index in [4.69, 9.17) is 9.47 Å². The van der Waals surface area contributed by atoms with Crippen molar-refractivity contribution in [1.29, 1.82) is 0 Å². The number of unbranched alkanes of at least 4 members (excludes halogenated alkanes) is 17. The lowest BCUT2D eigenvalue weighted by atomic mass is 9.77. The molecule has 1 amide bonds. The zero-order chi connectivity index (χ0) is 38.3. The molecule has 300 valence electrons. The molecule has 0 radical (unpaired) electrons. The number of rotatable bonds is 30. The summed E-state index contributed by atoms with van der Waals surface area (Å²) >= 11 is 1.77. The normalized spacial score (nSPS) is 13.7. The van der Waals surface area contributed by atoms with E-state index >= 15 is 0 Å². The third kappa shape index (κ3) is 15.6. The highest BCUT2D eigenvalue weighted by Crippen LogP contribution is 2.42. The van der Waals surface area contributed by atoms with Gasteiger partial charge in [-0.2, -0.15) is 0 Å². The number of thiophene rings is 1. The van der Waals surface area contributed by atoms with Crippen LogP contribution in [0.4, 0.5) is 11.4 Å². The maximum absolute atomic E-state index is 13.2. The van der Waals surface area contributed by atoms with Gasteiger partial charge in [0.1, 0.15) is 5.75 Å². The van der Waals surface area contributed by atoms with Crippen LogP contribution in [-0.2, 0) is 19.7 Å². The molecule has 0 atom stereocenters. The first kappa shape index (κ1) is 43.6. The van der Waals surface area contributed by atoms with Gasteiger partial charge in [0.25, 0.3) is 0 Å². The van der Waals surface area contributed by atoms with Crippen molar-refractivity contribution in [3.63, 3.8) is 0 Å². The highest BCUT2D eigenvalue weighted by molar-refractivity contribution is 7.17. The van der Waals surface area contributed by atoms with E-state index in [9.17, 15) is 9.59 Å². The zero-order valence-corrected chi connectivity index (χ0v) is 34.8. The van der Waals surface area contributed by atoms with Crippen LogP contribution >= 0.6 is 11.3 Å². The van der Waals surface area contributed by atoms with Gasteiger partial charge in [-0.1, -0.05) is 136 Å². The molecule has 0 fully saturated rings.